The molecule has 0 bridgehead atoms. The van der Waals surface area contributed by atoms with Gasteiger partial charge >= 0.3 is 0 Å². The average Bonchev–Trinajstić information content (AvgIpc) is 3.26. The van der Waals surface area contributed by atoms with E-state index in [0.29, 0.717) is 42.7 Å². The number of halogens is 1. The molecule has 1 aliphatic heterocycles. The fourth-order valence-electron chi connectivity index (χ4n) is 3.50. The van der Waals surface area contributed by atoms with Crippen molar-refractivity contribution in [2.45, 2.75) is 0 Å². The number of fused-ring (bicyclic) bond motifs is 1. The molecule has 0 atom stereocenters. The maximum absolute atomic E-state index is 13.2. The summed E-state index contributed by atoms with van der Waals surface area (Å²) in [4.78, 5) is 32.4. The lowest BCUT2D eigenvalue weighted by molar-refractivity contribution is -0.384. The largest absolute Gasteiger partial charge is 0.497 e. The predicted molar refractivity (Wildman–Crippen MR) is 135 cm³/mol. The molecule has 180 valence electrons. The molecule has 4 rings (SSSR count). The number of nitrogens with zero attached hydrogens (tertiary/aromatic N) is 4. The molecule has 0 N–H and O–H groups in total. The molecule has 1 fully saturated rings. The second kappa shape index (κ2) is 11.9. The number of non-ortho nitro benzene ring substituents is 1. The van der Waals surface area contributed by atoms with Crippen LogP contribution in [0.25, 0.3) is 16.3 Å². The van der Waals surface area contributed by atoms with Gasteiger partial charge in [0.2, 0.25) is 0 Å². The number of carbonyl (C=O) groups excluding carboxylic acids is 1. The molecule has 34 heavy (non-hydrogen) atoms. The molecule has 0 spiro atoms. The maximum Gasteiger partial charge on any atom is 0.270 e. The molecule has 0 saturated carbocycles. The van der Waals surface area contributed by atoms with Gasteiger partial charge < -0.3 is 9.47 Å². The molecular formula is C23H25ClN4O5S. The van der Waals surface area contributed by atoms with E-state index in [4.69, 9.17) is 9.47 Å². The summed E-state index contributed by atoms with van der Waals surface area (Å²) in [5.74, 6) is 0.469. The van der Waals surface area contributed by atoms with Gasteiger partial charge in [0, 0.05) is 50.5 Å². The number of nitro benzene ring substituents is 1. The number of aromatic nitrogens is 1. The number of thiazole rings is 1. The van der Waals surface area contributed by atoms with Gasteiger partial charge in [-0.15, -0.1) is 12.4 Å². The lowest BCUT2D eigenvalue weighted by Crippen LogP contribution is -2.42. The number of methoxy groups -OCH3 is 1. The topological polar surface area (TPSA) is 98.0 Å². The normalized spacial score (nSPS) is 14.1. The third kappa shape index (κ3) is 6.29. The number of nitro groups is 1. The van der Waals surface area contributed by atoms with E-state index < -0.39 is 4.92 Å². The second-order valence-electron chi connectivity index (χ2n) is 7.46. The summed E-state index contributed by atoms with van der Waals surface area (Å²) in [5, 5.41) is 11.6. The lowest BCUT2D eigenvalue weighted by atomic mass is 10.2. The van der Waals surface area contributed by atoms with Crippen molar-refractivity contribution in [3.8, 4) is 5.75 Å². The molecule has 1 amide bonds. The zero-order valence-corrected chi connectivity index (χ0v) is 20.2. The van der Waals surface area contributed by atoms with Crippen LogP contribution in [0.5, 0.6) is 5.75 Å². The Morgan fingerprint density at radius 3 is 2.82 bits per heavy atom. The van der Waals surface area contributed by atoms with Crippen LogP contribution in [-0.2, 0) is 9.53 Å². The van der Waals surface area contributed by atoms with Gasteiger partial charge in [0.15, 0.2) is 5.13 Å². The Bertz CT molecular complexity index is 1180. The quantitative estimate of drug-likeness (QED) is 0.259. The molecule has 9 nitrogen and oxygen atoms in total. The second-order valence-corrected chi connectivity index (χ2v) is 8.47. The van der Waals surface area contributed by atoms with Gasteiger partial charge in [0.05, 0.1) is 35.5 Å². The molecular weight excluding hydrogens is 480 g/mol. The molecule has 1 aliphatic rings. The summed E-state index contributed by atoms with van der Waals surface area (Å²) in [6.07, 6.45) is 3.03. The summed E-state index contributed by atoms with van der Waals surface area (Å²) in [6.45, 7) is 4.17. The highest BCUT2D eigenvalue weighted by molar-refractivity contribution is 7.22. The number of hydrogen-bond acceptors (Lipinski definition) is 8. The van der Waals surface area contributed by atoms with E-state index in [1.54, 1.807) is 30.2 Å². The van der Waals surface area contributed by atoms with E-state index in [1.807, 2.05) is 18.2 Å². The Hall–Kier alpha value is -3.05. The van der Waals surface area contributed by atoms with Gasteiger partial charge in [0.25, 0.3) is 11.6 Å². The summed E-state index contributed by atoms with van der Waals surface area (Å²) in [7, 11) is 1.60. The standard InChI is InChI=1S/C23H24N4O5S.ClH/c1-31-19-6-7-21-20(16-19)24-23(33-21)26(10-9-25-11-13-32-14-12-25)22(28)8-5-17-3-2-4-18(15-17)27(29)30;/h2-8,15-16H,9-14H2,1H3;1H. The highest BCUT2D eigenvalue weighted by Crippen LogP contribution is 2.31. The predicted octanol–water partition coefficient (Wildman–Crippen LogP) is 4.01. The molecule has 2 aromatic carbocycles. The van der Waals surface area contributed by atoms with Crippen LogP contribution in [0.1, 0.15) is 5.56 Å². The van der Waals surface area contributed by atoms with Crippen molar-refractivity contribution in [3.63, 3.8) is 0 Å². The van der Waals surface area contributed by atoms with Crippen molar-refractivity contribution in [2.75, 3.05) is 51.4 Å². The first kappa shape index (κ1) is 25.6. The van der Waals surface area contributed by atoms with Crippen LogP contribution in [0.15, 0.2) is 48.5 Å². The molecule has 1 saturated heterocycles. The number of benzene rings is 2. The first-order valence-corrected chi connectivity index (χ1v) is 11.3. The maximum atomic E-state index is 13.2. The highest BCUT2D eigenvalue weighted by atomic mass is 35.5. The smallest absolute Gasteiger partial charge is 0.270 e. The van der Waals surface area contributed by atoms with Crippen LogP contribution >= 0.6 is 23.7 Å². The SMILES string of the molecule is COc1ccc2sc(N(CCN3CCOCC3)C(=O)C=Cc3cccc([N+](=O)[O-])c3)nc2c1.Cl. The molecule has 11 heteroatoms. The van der Waals surface area contributed by atoms with Crippen molar-refractivity contribution in [2.24, 2.45) is 0 Å². The molecule has 2 heterocycles. The number of amides is 1. The van der Waals surface area contributed by atoms with Gasteiger partial charge in [-0.05, 0) is 23.8 Å². The number of rotatable bonds is 8. The highest BCUT2D eigenvalue weighted by Gasteiger charge is 2.20. The minimum absolute atomic E-state index is 0. The summed E-state index contributed by atoms with van der Waals surface area (Å²) in [5.41, 5.74) is 1.33. The zero-order valence-electron chi connectivity index (χ0n) is 18.6. The van der Waals surface area contributed by atoms with Crippen molar-refractivity contribution in [1.82, 2.24) is 9.88 Å². The van der Waals surface area contributed by atoms with E-state index in [-0.39, 0.29) is 24.0 Å². The average molecular weight is 505 g/mol. The number of morpholine rings is 1. The molecule has 1 aromatic heterocycles. The Labute approximate surface area is 207 Å². The minimum atomic E-state index is -0.455. The van der Waals surface area contributed by atoms with Gasteiger partial charge in [-0.3, -0.25) is 24.7 Å². The number of anilines is 1. The Morgan fingerprint density at radius 1 is 1.29 bits per heavy atom. The lowest BCUT2D eigenvalue weighted by Gasteiger charge is -2.28. The molecule has 0 aliphatic carbocycles. The van der Waals surface area contributed by atoms with Crippen molar-refractivity contribution in [3.05, 3.63) is 64.2 Å². The van der Waals surface area contributed by atoms with E-state index in [0.717, 1.165) is 23.3 Å². The minimum Gasteiger partial charge on any atom is -0.497 e. The van der Waals surface area contributed by atoms with E-state index in [1.165, 1.54) is 29.5 Å². The number of carbonyl (C=O) groups is 1. The van der Waals surface area contributed by atoms with Crippen molar-refractivity contribution >= 4 is 56.8 Å². The first-order valence-electron chi connectivity index (χ1n) is 10.5. The van der Waals surface area contributed by atoms with E-state index >= 15 is 0 Å². The molecule has 0 unspecified atom stereocenters. The first-order chi connectivity index (χ1) is 16.0. The van der Waals surface area contributed by atoms with Gasteiger partial charge in [-0.25, -0.2) is 4.98 Å². The Balaban J connectivity index is 0.00000324. The van der Waals surface area contributed by atoms with Crippen molar-refractivity contribution < 1.29 is 19.2 Å². The third-order valence-electron chi connectivity index (χ3n) is 5.32. The van der Waals surface area contributed by atoms with Gasteiger partial charge in [-0.2, -0.15) is 0 Å². The van der Waals surface area contributed by atoms with Crippen LogP contribution in [0.2, 0.25) is 0 Å². The summed E-state index contributed by atoms with van der Waals surface area (Å²) < 4.78 is 11.7. The fourth-order valence-corrected chi connectivity index (χ4v) is 4.48. The Morgan fingerprint density at radius 2 is 2.09 bits per heavy atom. The van der Waals surface area contributed by atoms with Crippen LogP contribution < -0.4 is 9.64 Å². The van der Waals surface area contributed by atoms with Crippen LogP contribution in [-0.4, -0.2) is 67.2 Å². The van der Waals surface area contributed by atoms with E-state index in [9.17, 15) is 14.9 Å². The van der Waals surface area contributed by atoms with E-state index in [2.05, 4.69) is 9.88 Å². The Kier molecular flexibility index (Phi) is 8.94. The monoisotopic (exact) mass is 504 g/mol. The van der Waals surface area contributed by atoms with Gasteiger partial charge in [0.1, 0.15) is 5.75 Å². The van der Waals surface area contributed by atoms with Gasteiger partial charge in [-0.1, -0.05) is 23.5 Å². The fraction of sp³-hybridized carbons (Fsp3) is 0.304. The van der Waals surface area contributed by atoms with Crippen LogP contribution in [0.4, 0.5) is 10.8 Å². The van der Waals surface area contributed by atoms with Crippen molar-refractivity contribution in [1.29, 1.82) is 0 Å². The van der Waals surface area contributed by atoms with Crippen LogP contribution in [0, 0.1) is 10.1 Å². The van der Waals surface area contributed by atoms with Crippen LogP contribution in [0.3, 0.4) is 0 Å². The third-order valence-corrected chi connectivity index (χ3v) is 6.38. The number of hydrogen-bond donors (Lipinski definition) is 0. The summed E-state index contributed by atoms with van der Waals surface area (Å²) >= 11 is 1.44. The molecule has 3 aromatic rings. The summed E-state index contributed by atoms with van der Waals surface area (Å²) in [6, 6.07) is 11.8. The molecule has 0 radical (unpaired) electrons. The zero-order chi connectivity index (χ0) is 23.2. The number of ether oxygens (including phenoxy) is 2.